The number of benzene rings is 2. The predicted molar refractivity (Wildman–Crippen MR) is 80.5 cm³/mol. The van der Waals surface area contributed by atoms with Crippen LogP contribution in [0, 0.1) is 0 Å². The first-order valence-corrected chi connectivity index (χ1v) is 7.03. The van der Waals surface area contributed by atoms with Crippen molar-refractivity contribution in [3.63, 3.8) is 0 Å². The maximum Gasteiger partial charge on any atom is 0.417 e. The van der Waals surface area contributed by atoms with Crippen LogP contribution < -0.4 is 5.32 Å². The van der Waals surface area contributed by atoms with E-state index in [1.54, 1.807) is 30.3 Å². The fourth-order valence-corrected chi connectivity index (χ4v) is 2.21. The number of carboxylic acid groups (broad SMARTS) is 1. The summed E-state index contributed by atoms with van der Waals surface area (Å²) in [6.45, 7) is 0. The van der Waals surface area contributed by atoms with Crippen LogP contribution in [-0.4, -0.2) is 23.0 Å². The van der Waals surface area contributed by atoms with Crippen molar-refractivity contribution in [3.8, 4) is 0 Å². The molecule has 0 aromatic heterocycles. The van der Waals surface area contributed by atoms with Crippen LogP contribution in [0.2, 0.25) is 0 Å². The lowest BCUT2D eigenvalue weighted by Gasteiger charge is -2.17. The fourth-order valence-electron chi connectivity index (χ4n) is 2.21. The summed E-state index contributed by atoms with van der Waals surface area (Å²) < 4.78 is 38.9. The van der Waals surface area contributed by atoms with E-state index in [1.165, 1.54) is 6.07 Å². The number of hydrogen-bond donors (Lipinski definition) is 2. The van der Waals surface area contributed by atoms with E-state index in [-0.39, 0.29) is 6.42 Å². The van der Waals surface area contributed by atoms with E-state index in [4.69, 9.17) is 0 Å². The van der Waals surface area contributed by atoms with E-state index in [0.717, 1.165) is 18.2 Å². The third kappa shape index (κ3) is 4.34. The molecule has 0 radical (unpaired) electrons. The summed E-state index contributed by atoms with van der Waals surface area (Å²) in [6.07, 6.45) is -4.73. The van der Waals surface area contributed by atoms with Gasteiger partial charge in [-0.2, -0.15) is 13.2 Å². The van der Waals surface area contributed by atoms with Crippen LogP contribution in [0.25, 0.3) is 0 Å². The van der Waals surface area contributed by atoms with E-state index >= 15 is 0 Å². The van der Waals surface area contributed by atoms with Crippen molar-refractivity contribution in [2.24, 2.45) is 0 Å². The Kier molecular flexibility index (Phi) is 5.23. The van der Waals surface area contributed by atoms with Gasteiger partial charge in [0.25, 0.3) is 5.91 Å². The summed E-state index contributed by atoms with van der Waals surface area (Å²) in [4.78, 5) is 23.5. The summed E-state index contributed by atoms with van der Waals surface area (Å²) in [7, 11) is 0. The summed E-state index contributed by atoms with van der Waals surface area (Å²) >= 11 is 0. The number of nitrogens with one attached hydrogen (secondary N) is 1. The van der Waals surface area contributed by atoms with Gasteiger partial charge in [0.1, 0.15) is 6.04 Å². The number of aliphatic carboxylic acids is 1. The molecule has 7 heteroatoms. The number of rotatable bonds is 5. The van der Waals surface area contributed by atoms with E-state index in [2.05, 4.69) is 5.32 Å². The van der Waals surface area contributed by atoms with Gasteiger partial charge in [0.15, 0.2) is 0 Å². The van der Waals surface area contributed by atoms with Crippen molar-refractivity contribution in [2.45, 2.75) is 18.6 Å². The number of carbonyl (C=O) groups is 2. The minimum absolute atomic E-state index is 0.0316. The van der Waals surface area contributed by atoms with Gasteiger partial charge in [0.05, 0.1) is 11.1 Å². The SMILES string of the molecule is O=C(N[C@@H](Cc1ccccc1)C(=O)O)c1ccccc1C(F)(F)F. The molecule has 1 atom stereocenters. The molecular weight excluding hydrogens is 323 g/mol. The van der Waals surface area contributed by atoms with Crippen molar-refractivity contribution >= 4 is 11.9 Å². The monoisotopic (exact) mass is 337 g/mol. The molecule has 0 unspecified atom stereocenters. The highest BCUT2D eigenvalue weighted by Crippen LogP contribution is 2.31. The molecule has 2 aromatic carbocycles. The van der Waals surface area contributed by atoms with Crippen LogP contribution in [0.4, 0.5) is 13.2 Å². The highest BCUT2D eigenvalue weighted by molar-refractivity contribution is 5.98. The Bertz CT molecular complexity index is 729. The minimum Gasteiger partial charge on any atom is -0.480 e. The standard InChI is InChI=1S/C17H14F3NO3/c18-17(19,20)13-9-5-4-8-12(13)15(22)21-14(16(23)24)10-11-6-2-1-3-7-11/h1-9,14H,10H2,(H,21,22)(H,23,24)/t14-/m0/s1. The van der Waals surface area contributed by atoms with Crippen molar-refractivity contribution in [3.05, 3.63) is 71.3 Å². The second kappa shape index (κ2) is 7.16. The summed E-state index contributed by atoms with van der Waals surface area (Å²) in [5, 5.41) is 11.4. The second-order valence-electron chi connectivity index (χ2n) is 5.10. The molecule has 0 heterocycles. The Labute approximate surface area is 135 Å². The molecule has 2 rings (SSSR count). The van der Waals surface area contributed by atoms with Crippen LogP contribution in [0.1, 0.15) is 21.5 Å². The zero-order valence-electron chi connectivity index (χ0n) is 12.4. The summed E-state index contributed by atoms with van der Waals surface area (Å²) in [5.74, 6) is -2.40. The van der Waals surface area contributed by atoms with Crippen LogP contribution in [0.15, 0.2) is 54.6 Å². The maximum absolute atomic E-state index is 13.0. The molecule has 1 amide bonds. The predicted octanol–water partition coefficient (Wildman–Crippen LogP) is 3.13. The molecule has 0 bridgehead atoms. The average molecular weight is 337 g/mol. The molecular formula is C17H14F3NO3. The maximum atomic E-state index is 13.0. The first kappa shape index (κ1) is 17.5. The number of hydrogen-bond acceptors (Lipinski definition) is 2. The molecule has 126 valence electrons. The lowest BCUT2D eigenvalue weighted by molar-refractivity contribution is -0.139. The Balaban J connectivity index is 2.22. The van der Waals surface area contributed by atoms with E-state index in [1.807, 2.05) is 0 Å². The van der Waals surface area contributed by atoms with Gasteiger partial charge in [-0.15, -0.1) is 0 Å². The van der Waals surface area contributed by atoms with Crippen molar-refractivity contribution in [2.75, 3.05) is 0 Å². The van der Waals surface area contributed by atoms with Gasteiger partial charge < -0.3 is 10.4 Å². The Morgan fingerprint density at radius 1 is 1.00 bits per heavy atom. The molecule has 2 N–H and O–H groups in total. The quantitative estimate of drug-likeness (QED) is 0.881. The van der Waals surface area contributed by atoms with Gasteiger partial charge in [0, 0.05) is 6.42 Å². The number of carbonyl (C=O) groups excluding carboxylic acids is 1. The van der Waals surface area contributed by atoms with Crippen LogP contribution in [0.5, 0.6) is 0 Å². The summed E-state index contributed by atoms with van der Waals surface area (Å²) in [6, 6.07) is 11.4. The van der Waals surface area contributed by atoms with Gasteiger partial charge in [-0.1, -0.05) is 42.5 Å². The van der Waals surface area contributed by atoms with Crippen molar-refractivity contribution < 1.29 is 27.9 Å². The zero-order valence-corrected chi connectivity index (χ0v) is 12.4. The number of amides is 1. The largest absolute Gasteiger partial charge is 0.480 e. The first-order valence-electron chi connectivity index (χ1n) is 7.03. The Morgan fingerprint density at radius 3 is 2.17 bits per heavy atom. The number of carboxylic acids is 1. The van der Waals surface area contributed by atoms with E-state index < -0.39 is 35.2 Å². The first-order chi connectivity index (χ1) is 11.3. The molecule has 0 fully saturated rings. The third-order valence-electron chi connectivity index (χ3n) is 3.36. The molecule has 0 aliphatic heterocycles. The summed E-state index contributed by atoms with van der Waals surface area (Å²) in [5.41, 5.74) is -1.06. The lowest BCUT2D eigenvalue weighted by Crippen LogP contribution is -2.42. The topological polar surface area (TPSA) is 66.4 Å². The fraction of sp³-hybridized carbons (Fsp3) is 0.176. The zero-order chi connectivity index (χ0) is 17.7. The van der Waals surface area contributed by atoms with Crippen molar-refractivity contribution in [1.29, 1.82) is 0 Å². The van der Waals surface area contributed by atoms with Gasteiger partial charge in [-0.3, -0.25) is 4.79 Å². The molecule has 0 spiro atoms. The van der Waals surface area contributed by atoms with Gasteiger partial charge in [-0.25, -0.2) is 4.79 Å². The normalized spacial score (nSPS) is 12.5. The Hall–Kier alpha value is -2.83. The van der Waals surface area contributed by atoms with Crippen LogP contribution in [0.3, 0.4) is 0 Å². The average Bonchev–Trinajstić information content (AvgIpc) is 2.54. The van der Waals surface area contributed by atoms with E-state index in [9.17, 15) is 27.9 Å². The molecule has 0 saturated heterocycles. The van der Waals surface area contributed by atoms with Gasteiger partial charge in [0.2, 0.25) is 0 Å². The minimum atomic E-state index is -4.70. The highest BCUT2D eigenvalue weighted by Gasteiger charge is 2.35. The van der Waals surface area contributed by atoms with Gasteiger partial charge in [-0.05, 0) is 17.7 Å². The molecule has 0 saturated carbocycles. The second-order valence-corrected chi connectivity index (χ2v) is 5.10. The van der Waals surface area contributed by atoms with E-state index in [0.29, 0.717) is 5.56 Å². The van der Waals surface area contributed by atoms with Crippen LogP contribution in [-0.2, 0) is 17.4 Å². The van der Waals surface area contributed by atoms with Gasteiger partial charge >= 0.3 is 12.1 Å². The highest BCUT2D eigenvalue weighted by atomic mass is 19.4. The lowest BCUT2D eigenvalue weighted by atomic mass is 10.0. The third-order valence-corrected chi connectivity index (χ3v) is 3.36. The number of halogens is 3. The molecule has 2 aromatic rings. The molecule has 24 heavy (non-hydrogen) atoms. The number of alkyl halides is 3. The molecule has 4 nitrogen and oxygen atoms in total. The molecule has 0 aliphatic carbocycles. The smallest absolute Gasteiger partial charge is 0.417 e. The van der Waals surface area contributed by atoms with Crippen LogP contribution >= 0.6 is 0 Å². The van der Waals surface area contributed by atoms with Crippen molar-refractivity contribution in [1.82, 2.24) is 5.32 Å². The molecule has 0 aliphatic rings. The Morgan fingerprint density at radius 2 is 1.58 bits per heavy atom.